The van der Waals surface area contributed by atoms with Crippen molar-refractivity contribution in [3.05, 3.63) is 48.0 Å². The largest absolute Gasteiger partial charge is 0.493 e. The van der Waals surface area contributed by atoms with Gasteiger partial charge in [-0.05, 0) is 42.1 Å². The Labute approximate surface area is 173 Å². The van der Waals surface area contributed by atoms with Crippen LogP contribution in [-0.2, 0) is 9.53 Å². The van der Waals surface area contributed by atoms with Gasteiger partial charge in [-0.1, -0.05) is 12.1 Å². The molecule has 1 N–H and O–H groups in total. The maximum Gasteiger partial charge on any atom is 0.343 e. The minimum Gasteiger partial charge on any atom is -0.493 e. The molecule has 0 heterocycles. The predicted octanol–water partition coefficient (Wildman–Crippen LogP) is 3.27. The zero-order valence-corrected chi connectivity index (χ0v) is 17.4. The molecule has 0 aliphatic rings. The number of carbonyl (C=O) groups excluding carboxylic acids is 3. The fraction of sp³-hybridized carbons (Fsp3) is 0.250. The molecule has 0 aliphatic carbocycles. The topological polar surface area (TPSA) is 94.2 Å². The number of ether oxygens (including phenoxy) is 3. The first kappa shape index (κ1) is 22.1. The van der Waals surface area contributed by atoms with Gasteiger partial charge in [-0.3, -0.25) is 9.59 Å². The maximum absolute atomic E-state index is 12.7. The van der Waals surface area contributed by atoms with E-state index in [9.17, 15) is 14.4 Å². The second-order valence-electron chi connectivity index (χ2n) is 5.94. The van der Waals surface area contributed by atoms with Crippen molar-refractivity contribution in [2.45, 2.75) is 4.90 Å². The lowest BCUT2D eigenvalue weighted by atomic mass is 10.2. The predicted molar refractivity (Wildman–Crippen MR) is 110 cm³/mol. The normalized spacial score (nSPS) is 10.1. The third-order valence-corrected chi connectivity index (χ3v) is 4.81. The number of para-hydroxylation sites is 1. The van der Waals surface area contributed by atoms with Gasteiger partial charge >= 0.3 is 5.97 Å². The van der Waals surface area contributed by atoms with Crippen LogP contribution in [0.4, 0.5) is 10.5 Å². The van der Waals surface area contributed by atoms with Crippen molar-refractivity contribution < 1.29 is 28.6 Å². The highest BCUT2D eigenvalue weighted by molar-refractivity contribution is 8.13. The Morgan fingerprint density at radius 1 is 1.03 bits per heavy atom. The summed E-state index contributed by atoms with van der Waals surface area (Å²) in [5.74, 6) is -0.308. The number of esters is 1. The third kappa shape index (κ3) is 6.15. The first-order chi connectivity index (χ1) is 13.8. The zero-order chi connectivity index (χ0) is 21.4. The lowest BCUT2D eigenvalue weighted by Gasteiger charge is -2.14. The van der Waals surface area contributed by atoms with E-state index in [1.54, 1.807) is 44.4 Å². The number of anilines is 1. The van der Waals surface area contributed by atoms with E-state index in [1.165, 1.54) is 31.3 Å². The Kier molecular flexibility index (Phi) is 7.90. The summed E-state index contributed by atoms with van der Waals surface area (Å²) < 4.78 is 15.1. The first-order valence-corrected chi connectivity index (χ1v) is 9.34. The van der Waals surface area contributed by atoms with Crippen molar-refractivity contribution in [3.8, 4) is 11.5 Å². The molecular formula is C20H22N2O6S. The summed E-state index contributed by atoms with van der Waals surface area (Å²) in [6, 6.07) is 11.6. The number of amides is 2. The van der Waals surface area contributed by atoms with Crippen molar-refractivity contribution in [2.75, 3.05) is 40.2 Å². The number of nitrogens with one attached hydrogen (secondary N) is 1. The number of benzene rings is 2. The van der Waals surface area contributed by atoms with Gasteiger partial charge in [-0.15, -0.1) is 0 Å². The Hall–Kier alpha value is -3.20. The fourth-order valence-corrected chi connectivity index (χ4v) is 2.91. The Balaban J connectivity index is 2.17. The highest BCUT2D eigenvalue weighted by atomic mass is 32.2. The molecule has 2 aromatic carbocycles. The molecule has 29 heavy (non-hydrogen) atoms. The minimum atomic E-state index is -0.532. The van der Waals surface area contributed by atoms with Gasteiger partial charge in [0.2, 0.25) is 0 Å². The van der Waals surface area contributed by atoms with Crippen LogP contribution in [-0.4, -0.2) is 56.9 Å². The lowest BCUT2D eigenvalue weighted by Crippen LogP contribution is -2.17. The summed E-state index contributed by atoms with van der Waals surface area (Å²) >= 11 is 1.02. The summed E-state index contributed by atoms with van der Waals surface area (Å²) in [6.07, 6.45) is 0. The molecule has 0 spiro atoms. The molecule has 2 amide bonds. The SMILES string of the molecule is COC(=O)COc1ccc(C(=O)Nc2ccccc2SC(=O)N(C)C)cc1OC. The average Bonchev–Trinajstić information content (AvgIpc) is 2.72. The number of hydrogen-bond acceptors (Lipinski definition) is 7. The van der Waals surface area contributed by atoms with Gasteiger partial charge in [-0.25, -0.2) is 4.79 Å². The van der Waals surface area contributed by atoms with Crippen LogP contribution >= 0.6 is 11.8 Å². The highest BCUT2D eigenvalue weighted by Gasteiger charge is 2.16. The summed E-state index contributed by atoms with van der Waals surface area (Å²) in [5, 5.41) is 2.65. The van der Waals surface area contributed by atoms with Crippen LogP contribution in [0.1, 0.15) is 10.4 Å². The number of methoxy groups -OCH3 is 2. The molecule has 2 rings (SSSR count). The van der Waals surface area contributed by atoms with Crippen LogP contribution in [0.3, 0.4) is 0 Å². The molecule has 0 bridgehead atoms. The standard InChI is InChI=1S/C20H22N2O6S/c1-22(2)20(25)29-17-8-6-5-7-14(17)21-19(24)13-9-10-15(16(11-13)26-3)28-12-18(23)27-4/h5-11H,12H2,1-4H3,(H,21,24). The van der Waals surface area contributed by atoms with Gasteiger partial charge in [0, 0.05) is 24.6 Å². The molecule has 8 nitrogen and oxygen atoms in total. The number of rotatable bonds is 7. The van der Waals surface area contributed by atoms with Crippen LogP contribution in [0.15, 0.2) is 47.4 Å². The molecule has 2 aromatic rings. The fourth-order valence-electron chi connectivity index (χ4n) is 2.16. The summed E-state index contributed by atoms with van der Waals surface area (Å²) in [4.78, 5) is 38.0. The van der Waals surface area contributed by atoms with Gasteiger partial charge in [0.15, 0.2) is 18.1 Å². The number of carbonyl (C=O) groups is 3. The lowest BCUT2D eigenvalue weighted by molar-refractivity contribution is -0.142. The molecule has 0 fully saturated rings. The average molecular weight is 418 g/mol. The van der Waals surface area contributed by atoms with E-state index < -0.39 is 5.97 Å². The minimum absolute atomic E-state index is 0.152. The number of nitrogens with zero attached hydrogens (tertiary/aromatic N) is 1. The molecule has 0 aliphatic heterocycles. The summed E-state index contributed by atoms with van der Waals surface area (Å²) in [5.41, 5.74) is 0.841. The van der Waals surface area contributed by atoms with Gasteiger partial charge in [0.1, 0.15) is 0 Å². The molecule has 0 saturated carbocycles. The van der Waals surface area contributed by atoms with Crippen LogP contribution in [0.25, 0.3) is 0 Å². The first-order valence-electron chi connectivity index (χ1n) is 8.53. The van der Waals surface area contributed by atoms with E-state index in [2.05, 4.69) is 10.1 Å². The third-order valence-electron chi connectivity index (χ3n) is 3.70. The second-order valence-corrected chi connectivity index (χ2v) is 6.94. The van der Waals surface area contributed by atoms with E-state index in [0.717, 1.165) is 11.8 Å². The number of thioether (sulfide) groups is 1. The molecule has 0 unspecified atom stereocenters. The molecule has 0 aromatic heterocycles. The quantitative estimate of drug-likeness (QED) is 0.545. The van der Waals surface area contributed by atoms with E-state index in [4.69, 9.17) is 9.47 Å². The van der Waals surface area contributed by atoms with Crippen molar-refractivity contribution in [1.82, 2.24) is 4.90 Å². The van der Waals surface area contributed by atoms with Gasteiger partial charge < -0.3 is 24.4 Å². The van der Waals surface area contributed by atoms with Crippen LogP contribution < -0.4 is 14.8 Å². The van der Waals surface area contributed by atoms with Crippen LogP contribution in [0, 0.1) is 0 Å². The molecule has 0 saturated heterocycles. The van der Waals surface area contributed by atoms with Crippen LogP contribution in [0.5, 0.6) is 11.5 Å². The van der Waals surface area contributed by atoms with Gasteiger partial charge in [-0.2, -0.15) is 0 Å². The zero-order valence-electron chi connectivity index (χ0n) is 16.6. The van der Waals surface area contributed by atoms with E-state index in [-0.39, 0.29) is 17.8 Å². The van der Waals surface area contributed by atoms with E-state index in [0.29, 0.717) is 27.6 Å². The van der Waals surface area contributed by atoms with E-state index in [1.807, 2.05) is 0 Å². The Morgan fingerprint density at radius 2 is 1.76 bits per heavy atom. The van der Waals surface area contributed by atoms with Crippen molar-refractivity contribution in [3.63, 3.8) is 0 Å². The molecule has 154 valence electrons. The van der Waals surface area contributed by atoms with Crippen molar-refractivity contribution >= 4 is 34.6 Å². The summed E-state index contributed by atoms with van der Waals surface area (Å²) in [6.45, 7) is -0.275. The highest BCUT2D eigenvalue weighted by Crippen LogP contribution is 2.31. The van der Waals surface area contributed by atoms with Crippen molar-refractivity contribution in [1.29, 1.82) is 0 Å². The summed E-state index contributed by atoms with van der Waals surface area (Å²) in [7, 11) is 6.01. The van der Waals surface area contributed by atoms with Gasteiger partial charge in [0.25, 0.3) is 11.1 Å². The monoisotopic (exact) mass is 418 g/mol. The molecule has 0 atom stereocenters. The second kappa shape index (κ2) is 10.4. The van der Waals surface area contributed by atoms with Crippen molar-refractivity contribution in [2.24, 2.45) is 0 Å². The number of hydrogen-bond donors (Lipinski definition) is 1. The van der Waals surface area contributed by atoms with Crippen LogP contribution in [0.2, 0.25) is 0 Å². The Morgan fingerprint density at radius 3 is 2.41 bits per heavy atom. The van der Waals surface area contributed by atoms with E-state index >= 15 is 0 Å². The molecule has 9 heteroatoms. The Bertz CT molecular complexity index is 900. The van der Waals surface area contributed by atoms with Gasteiger partial charge in [0.05, 0.1) is 19.9 Å². The molecular weight excluding hydrogens is 396 g/mol. The smallest absolute Gasteiger partial charge is 0.343 e. The maximum atomic E-state index is 12.7. The molecule has 0 radical (unpaired) electrons.